The molecule has 0 fully saturated rings. The first-order valence-corrected chi connectivity index (χ1v) is 8.08. The quantitative estimate of drug-likeness (QED) is 0.761. The van der Waals surface area contributed by atoms with E-state index in [1.165, 1.54) is 17.4 Å². The molecule has 0 atom stereocenters. The maximum absolute atomic E-state index is 13.4. The van der Waals surface area contributed by atoms with E-state index in [1.54, 1.807) is 41.6 Å². The van der Waals surface area contributed by atoms with Crippen molar-refractivity contribution in [2.75, 3.05) is 32.1 Å². The summed E-state index contributed by atoms with van der Waals surface area (Å²) < 4.78 is 18.7. The van der Waals surface area contributed by atoms with Gasteiger partial charge in [0.25, 0.3) is 5.91 Å². The largest absolute Gasteiger partial charge is 0.489 e. The average Bonchev–Trinajstić information content (AvgIpc) is 2.97. The number of nitrogens with zero attached hydrogens (tertiary/aromatic N) is 1. The number of hydrogen-bond donors (Lipinski definition) is 2. The average molecular weight is 351 g/mol. The van der Waals surface area contributed by atoms with Crippen molar-refractivity contribution in [3.05, 3.63) is 47.1 Å². The number of ether oxygens (including phenoxy) is 1. The summed E-state index contributed by atoms with van der Waals surface area (Å²) in [6, 6.07) is 7.71. The van der Waals surface area contributed by atoms with E-state index >= 15 is 0 Å². The minimum absolute atomic E-state index is 0.108. The number of carbonyl (C=O) groups is 2. The molecule has 0 aliphatic carbocycles. The van der Waals surface area contributed by atoms with E-state index in [0.29, 0.717) is 17.1 Å². The number of nitrogens with two attached hydrogens (primary N) is 1. The van der Waals surface area contributed by atoms with Gasteiger partial charge in [0.2, 0.25) is 5.91 Å². The van der Waals surface area contributed by atoms with E-state index in [0.717, 1.165) is 0 Å². The Kier molecular flexibility index (Phi) is 6.28. The van der Waals surface area contributed by atoms with Gasteiger partial charge in [-0.3, -0.25) is 14.5 Å². The molecule has 0 spiro atoms. The van der Waals surface area contributed by atoms with Crippen molar-refractivity contribution < 1.29 is 18.7 Å². The van der Waals surface area contributed by atoms with Crippen LogP contribution in [-0.2, 0) is 4.79 Å². The third-order valence-electron chi connectivity index (χ3n) is 3.16. The second kappa shape index (κ2) is 8.42. The summed E-state index contributed by atoms with van der Waals surface area (Å²) in [5.74, 6) is -1.10. The Labute approximate surface area is 143 Å². The monoisotopic (exact) mass is 351 g/mol. The van der Waals surface area contributed by atoms with Gasteiger partial charge < -0.3 is 15.8 Å². The molecular formula is C16H18FN3O3S. The highest BCUT2D eigenvalue weighted by atomic mass is 32.1. The summed E-state index contributed by atoms with van der Waals surface area (Å²) in [5.41, 5.74) is 5.52. The summed E-state index contributed by atoms with van der Waals surface area (Å²) in [6.07, 6.45) is 0. The van der Waals surface area contributed by atoms with Crippen molar-refractivity contribution in [2.45, 2.75) is 0 Å². The first-order chi connectivity index (χ1) is 11.5. The number of thiophene rings is 1. The van der Waals surface area contributed by atoms with Crippen molar-refractivity contribution in [1.29, 1.82) is 0 Å². The number of halogens is 1. The first kappa shape index (κ1) is 17.9. The molecule has 8 heteroatoms. The summed E-state index contributed by atoms with van der Waals surface area (Å²) in [4.78, 5) is 24.9. The highest BCUT2D eigenvalue weighted by molar-refractivity contribution is 7.14. The zero-order valence-electron chi connectivity index (χ0n) is 13.1. The van der Waals surface area contributed by atoms with Crippen LogP contribution in [0.15, 0.2) is 35.7 Å². The maximum atomic E-state index is 13.4. The lowest BCUT2D eigenvalue weighted by molar-refractivity contribution is -0.117. The highest BCUT2D eigenvalue weighted by Gasteiger charge is 2.13. The molecule has 1 aromatic heterocycles. The lowest BCUT2D eigenvalue weighted by Crippen LogP contribution is -2.33. The van der Waals surface area contributed by atoms with Crippen LogP contribution in [0, 0.1) is 5.82 Å². The number of amides is 2. The number of hydrogen-bond acceptors (Lipinski definition) is 5. The third kappa shape index (κ3) is 5.04. The molecule has 0 aliphatic rings. The molecule has 1 heterocycles. The van der Waals surface area contributed by atoms with Crippen LogP contribution in [0.2, 0.25) is 0 Å². The molecule has 2 amide bonds. The van der Waals surface area contributed by atoms with Gasteiger partial charge in [0.1, 0.15) is 11.6 Å². The molecular weight excluding hydrogens is 333 g/mol. The first-order valence-electron chi connectivity index (χ1n) is 7.20. The fourth-order valence-corrected chi connectivity index (χ4v) is 2.77. The topological polar surface area (TPSA) is 84.7 Å². The zero-order valence-corrected chi connectivity index (χ0v) is 13.9. The Balaban J connectivity index is 1.76. The van der Waals surface area contributed by atoms with Gasteiger partial charge in [0.15, 0.2) is 11.6 Å². The van der Waals surface area contributed by atoms with Crippen molar-refractivity contribution in [3.63, 3.8) is 0 Å². The smallest absolute Gasteiger partial charge is 0.251 e. The lowest BCUT2D eigenvalue weighted by atomic mass is 10.3. The number of benzene rings is 1. The van der Waals surface area contributed by atoms with E-state index in [2.05, 4.69) is 5.32 Å². The van der Waals surface area contributed by atoms with Gasteiger partial charge in [-0.1, -0.05) is 12.1 Å². The molecule has 0 radical (unpaired) electrons. The summed E-state index contributed by atoms with van der Waals surface area (Å²) in [5, 5.41) is 4.77. The number of carbonyl (C=O) groups excluding carboxylic acids is 2. The predicted octanol–water partition coefficient (Wildman–Crippen LogP) is 1.94. The Morgan fingerprint density at radius 2 is 2.08 bits per heavy atom. The molecule has 6 nitrogen and oxygen atoms in total. The van der Waals surface area contributed by atoms with Crippen molar-refractivity contribution in [1.82, 2.24) is 4.90 Å². The van der Waals surface area contributed by atoms with Gasteiger partial charge in [-0.15, -0.1) is 11.3 Å². The van der Waals surface area contributed by atoms with E-state index in [-0.39, 0.29) is 24.8 Å². The third-order valence-corrected chi connectivity index (χ3v) is 3.99. The standard InChI is InChI=1S/C16H18FN3O3S/c1-20(7-8-23-13-5-3-2-4-12(13)17)10-14(21)19-16-11(15(18)22)6-9-24-16/h2-6,9H,7-8,10H2,1H3,(H2,18,22)(H,19,21). The molecule has 2 rings (SSSR count). The van der Waals surface area contributed by atoms with Gasteiger partial charge in [-0.25, -0.2) is 4.39 Å². The Morgan fingerprint density at radius 1 is 1.33 bits per heavy atom. The van der Waals surface area contributed by atoms with Gasteiger partial charge in [0.05, 0.1) is 12.1 Å². The minimum Gasteiger partial charge on any atom is -0.489 e. The normalized spacial score (nSPS) is 10.6. The van der Waals surface area contributed by atoms with Crippen molar-refractivity contribution in [2.24, 2.45) is 5.73 Å². The molecule has 128 valence electrons. The minimum atomic E-state index is -0.585. The van der Waals surface area contributed by atoms with Gasteiger partial charge >= 0.3 is 0 Å². The number of anilines is 1. The number of primary amides is 1. The number of rotatable bonds is 8. The van der Waals surface area contributed by atoms with E-state index < -0.39 is 11.7 Å². The second-order valence-corrected chi connectivity index (χ2v) is 6.01. The number of nitrogens with one attached hydrogen (secondary N) is 1. The van der Waals surface area contributed by atoms with Gasteiger partial charge in [-0.2, -0.15) is 0 Å². The van der Waals surface area contributed by atoms with Gasteiger partial charge in [0, 0.05) is 6.54 Å². The van der Waals surface area contributed by atoms with E-state index in [4.69, 9.17) is 10.5 Å². The zero-order chi connectivity index (χ0) is 17.5. The van der Waals surface area contributed by atoms with E-state index in [9.17, 15) is 14.0 Å². The molecule has 24 heavy (non-hydrogen) atoms. The number of para-hydroxylation sites is 1. The Morgan fingerprint density at radius 3 is 2.79 bits per heavy atom. The fraction of sp³-hybridized carbons (Fsp3) is 0.250. The molecule has 2 aromatic rings. The Hall–Kier alpha value is -2.45. The SMILES string of the molecule is CN(CCOc1ccccc1F)CC(=O)Nc1sccc1C(N)=O. The van der Waals surface area contributed by atoms with Crippen molar-refractivity contribution in [3.8, 4) is 5.75 Å². The second-order valence-electron chi connectivity index (χ2n) is 5.09. The van der Waals surface area contributed by atoms with Crippen LogP contribution in [0.25, 0.3) is 0 Å². The maximum Gasteiger partial charge on any atom is 0.251 e. The summed E-state index contributed by atoms with van der Waals surface area (Å²) in [6.45, 7) is 0.794. The highest BCUT2D eigenvalue weighted by Crippen LogP contribution is 2.22. The van der Waals surface area contributed by atoms with Crippen LogP contribution >= 0.6 is 11.3 Å². The summed E-state index contributed by atoms with van der Waals surface area (Å²) >= 11 is 1.23. The molecule has 0 aliphatic heterocycles. The van der Waals surface area contributed by atoms with Crippen LogP contribution < -0.4 is 15.8 Å². The van der Waals surface area contributed by atoms with Crippen LogP contribution in [0.3, 0.4) is 0 Å². The molecule has 1 aromatic carbocycles. The molecule has 0 saturated heterocycles. The van der Waals surface area contributed by atoms with Crippen LogP contribution in [0.5, 0.6) is 5.75 Å². The van der Waals surface area contributed by atoms with Crippen LogP contribution in [0.4, 0.5) is 9.39 Å². The molecule has 0 saturated carbocycles. The molecule has 3 N–H and O–H groups in total. The Bertz CT molecular complexity index is 720. The summed E-state index contributed by atoms with van der Waals surface area (Å²) in [7, 11) is 1.74. The van der Waals surface area contributed by atoms with Gasteiger partial charge in [-0.05, 0) is 30.6 Å². The fourth-order valence-electron chi connectivity index (χ4n) is 1.96. The van der Waals surface area contributed by atoms with E-state index in [1.807, 2.05) is 0 Å². The molecule has 0 bridgehead atoms. The van der Waals surface area contributed by atoms with Crippen LogP contribution in [0.1, 0.15) is 10.4 Å². The lowest BCUT2D eigenvalue weighted by Gasteiger charge is -2.16. The number of likely N-dealkylation sites (N-methyl/N-ethyl adjacent to an activating group) is 1. The van der Waals surface area contributed by atoms with Crippen LogP contribution in [-0.4, -0.2) is 43.5 Å². The molecule has 0 unspecified atom stereocenters. The van der Waals surface area contributed by atoms with Crippen molar-refractivity contribution >= 4 is 28.2 Å². The predicted molar refractivity (Wildman–Crippen MR) is 90.9 cm³/mol.